The SMILES string of the molecule is CC[C@@H](N)c1ccccc1OCCCCOC. The highest BCUT2D eigenvalue weighted by Gasteiger charge is 2.09. The van der Waals surface area contributed by atoms with E-state index in [-0.39, 0.29) is 6.04 Å². The molecule has 0 aliphatic heterocycles. The molecule has 0 spiro atoms. The van der Waals surface area contributed by atoms with Gasteiger partial charge in [-0.1, -0.05) is 25.1 Å². The summed E-state index contributed by atoms with van der Waals surface area (Å²) in [5, 5.41) is 0. The van der Waals surface area contributed by atoms with Crippen molar-refractivity contribution in [1.29, 1.82) is 0 Å². The van der Waals surface area contributed by atoms with Crippen LogP contribution in [0.1, 0.15) is 37.8 Å². The summed E-state index contributed by atoms with van der Waals surface area (Å²) < 4.78 is 10.8. The molecule has 0 bridgehead atoms. The van der Waals surface area contributed by atoms with Gasteiger partial charge < -0.3 is 15.2 Å². The van der Waals surface area contributed by atoms with Crippen LogP contribution in [0.5, 0.6) is 5.75 Å². The van der Waals surface area contributed by atoms with E-state index in [4.69, 9.17) is 15.2 Å². The molecule has 0 saturated carbocycles. The Balaban J connectivity index is 2.46. The second kappa shape index (κ2) is 8.09. The Labute approximate surface area is 104 Å². The van der Waals surface area contributed by atoms with Crippen LogP contribution in [0.15, 0.2) is 24.3 Å². The molecule has 0 radical (unpaired) electrons. The topological polar surface area (TPSA) is 44.5 Å². The van der Waals surface area contributed by atoms with Crippen LogP contribution in [0, 0.1) is 0 Å². The maximum Gasteiger partial charge on any atom is 0.124 e. The monoisotopic (exact) mass is 237 g/mol. The number of hydrogen-bond donors (Lipinski definition) is 1. The predicted molar refractivity (Wildman–Crippen MR) is 70.3 cm³/mol. The van der Waals surface area contributed by atoms with Crippen molar-refractivity contribution in [2.45, 2.75) is 32.2 Å². The van der Waals surface area contributed by atoms with Gasteiger partial charge in [0.25, 0.3) is 0 Å². The molecule has 0 amide bonds. The number of ether oxygens (including phenoxy) is 2. The van der Waals surface area contributed by atoms with Crippen LogP contribution in [-0.4, -0.2) is 20.3 Å². The van der Waals surface area contributed by atoms with Crippen molar-refractivity contribution < 1.29 is 9.47 Å². The van der Waals surface area contributed by atoms with E-state index in [0.717, 1.165) is 43.8 Å². The molecule has 3 nitrogen and oxygen atoms in total. The Morgan fingerprint density at radius 1 is 1.18 bits per heavy atom. The van der Waals surface area contributed by atoms with Crippen LogP contribution >= 0.6 is 0 Å². The second-order valence-electron chi connectivity index (χ2n) is 4.10. The molecule has 3 heteroatoms. The quantitative estimate of drug-likeness (QED) is 0.707. The molecule has 1 atom stereocenters. The summed E-state index contributed by atoms with van der Waals surface area (Å²) in [5.74, 6) is 0.916. The number of rotatable bonds is 8. The predicted octanol–water partition coefficient (Wildman–Crippen LogP) is 2.90. The highest BCUT2D eigenvalue weighted by molar-refractivity contribution is 5.35. The van der Waals surface area contributed by atoms with E-state index in [1.165, 1.54) is 0 Å². The lowest BCUT2D eigenvalue weighted by Crippen LogP contribution is -2.11. The fourth-order valence-electron chi connectivity index (χ4n) is 1.67. The zero-order valence-electron chi connectivity index (χ0n) is 10.8. The minimum Gasteiger partial charge on any atom is -0.493 e. The molecule has 0 fully saturated rings. The van der Waals surface area contributed by atoms with Crippen molar-refractivity contribution >= 4 is 0 Å². The minimum atomic E-state index is 0.0603. The van der Waals surface area contributed by atoms with E-state index in [9.17, 15) is 0 Å². The first-order valence-electron chi connectivity index (χ1n) is 6.25. The number of nitrogens with two attached hydrogens (primary N) is 1. The first-order valence-corrected chi connectivity index (χ1v) is 6.25. The molecule has 1 aromatic rings. The summed E-state index contributed by atoms with van der Waals surface area (Å²) in [6, 6.07) is 8.07. The molecule has 0 aliphatic carbocycles. The third-order valence-corrected chi connectivity index (χ3v) is 2.76. The van der Waals surface area contributed by atoms with Gasteiger partial charge in [-0.2, -0.15) is 0 Å². The molecule has 0 unspecified atom stereocenters. The van der Waals surface area contributed by atoms with Gasteiger partial charge in [-0.15, -0.1) is 0 Å². The van der Waals surface area contributed by atoms with Crippen molar-refractivity contribution in [2.24, 2.45) is 5.73 Å². The number of methoxy groups -OCH3 is 1. The summed E-state index contributed by atoms with van der Waals surface area (Å²) in [6.45, 7) is 3.59. The first kappa shape index (κ1) is 14.0. The zero-order chi connectivity index (χ0) is 12.5. The molecular weight excluding hydrogens is 214 g/mol. The van der Waals surface area contributed by atoms with Gasteiger partial charge in [0, 0.05) is 25.3 Å². The van der Waals surface area contributed by atoms with E-state index < -0.39 is 0 Å². The summed E-state index contributed by atoms with van der Waals surface area (Å²) in [7, 11) is 1.72. The van der Waals surface area contributed by atoms with Gasteiger partial charge >= 0.3 is 0 Å². The van der Waals surface area contributed by atoms with E-state index in [2.05, 4.69) is 6.92 Å². The molecule has 1 rings (SSSR count). The summed E-state index contributed by atoms with van der Waals surface area (Å²) in [5.41, 5.74) is 7.15. The lowest BCUT2D eigenvalue weighted by molar-refractivity contribution is 0.184. The molecular formula is C14H23NO2. The van der Waals surface area contributed by atoms with Crippen molar-refractivity contribution in [1.82, 2.24) is 0 Å². The number of hydrogen-bond acceptors (Lipinski definition) is 3. The van der Waals surface area contributed by atoms with Crippen LogP contribution in [0.2, 0.25) is 0 Å². The largest absolute Gasteiger partial charge is 0.493 e. The van der Waals surface area contributed by atoms with Gasteiger partial charge in [-0.25, -0.2) is 0 Å². The van der Waals surface area contributed by atoms with Crippen LogP contribution in [0.4, 0.5) is 0 Å². The third-order valence-electron chi connectivity index (χ3n) is 2.76. The van der Waals surface area contributed by atoms with E-state index in [1.54, 1.807) is 7.11 Å². The average Bonchev–Trinajstić information content (AvgIpc) is 2.38. The smallest absolute Gasteiger partial charge is 0.124 e. The molecule has 2 N–H and O–H groups in total. The molecule has 1 aromatic carbocycles. The minimum absolute atomic E-state index is 0.0603. The zero-order valence-corrected chi connectivity index (χ0v) is 10.8. The van der Waals surface area contributed by atoms with Crippen molar-refractivity contribution in [3.8, 4) is 5.75 Å². The van der Waals surface area contributed by atoms with E-state index in [1.807, 2.05) is 24.3 Å². The van der Waals surface area contributed by atoms with Gasteiger partial charge in [0.1, 0.15) is 5.75 Å². The molecule has 0 aliphatic rings. The Bertz CT molecular complexity index is 315. The highest BCUT2D eigenvalue weighted by atomic mass is 16.5. The highest BCUT2D eigenvalue weighted by Crippen LogP contribution is 2.25. The van der Waals surface area contributed by atoms with Gasteiger partial charge in [0.2, 0.25) is 0 Å². The van der Waals surface area contributed by atoms with Crippen LogP contribution in [-0.2, 0) is 4.74 Å². The third kappa shape index (κ3) is 4.75. The van der Waals surface area contributed by atoms with E-state index in [0.29, 0.717) is 0 Å². The molecule has 0 heterocycles. The van der Waals surface area contributed by atoms with Crippen molar-refractivity contribution in [3.63, 3.8) is 0 Å². The fourth-order valence-corrected chi connectivity index (χ4v) is 1.67. The first-order chi connectivity index (χ1) is 8.29. The maximum atomic E-state index is 6.05. The Hall–Kier alpha value is -1.06. The Kier molecular flexibility index (Phi) is 6.67. The van der Waals surface area contributed by atoms with Gasteiger partial charge in [-0.3, -0.25) is 0 Å². The molecule has 17 heavy (non-hydrogen) atoms. The van der Waals surface area contributed by atoms with Crippen LogP contribution in [0.3, 0.4) is 0 Å². The summed E-state index contributed by atoms with van der Waals surface area (Å²) in [4.78, 5) is 0. The number of unbranched alkanes of at least 4 members (excludes halogenated alkanes) is 1. The number of benzene rings is 1. The maximum absolute atomic E-state index is 6.05. The standard InChI is InChI=1S/C14H23NO2/c1-3-13(15)12-8-4-5-9-14(12)17-11-7-6-10-16-2/h4-5,8-9,13H,3,6-7,10-11,15H2,1-2H3/t13-/m1/s1. The Morgan fingerprint density at radius 2 is 1.88 bits per heavy atom. The molecule has 0 aromatic heterocycles. The van der Waals surface area contributed by atoms with Crippen LogP contribution < -0.4 is 10.5 Å². The molecule has 0 saturated heterocycles. The molecule has 96 valence electrons. The van der Waals surface area contributed by atoms with Crippen molar-refractivity contribution in [2.75, 3.05) is 20.3 Å². The van der Waals surface area contributed by atoms with Gasteiger partial charge in [0.15, 0.2) is 0 Å². The van der Waals surface area contributed by atoms with Gasteiger partial charge in [0.05, 0.1) is 6.61 Å². The van der Waals surface area contributed by atoms with Gasteiger partial charge in [-0.05, 0) is 25.3 Å². The second-order valence-corrected chi connectivity index (χ2v) is 4.10. The lowest BCUT2D eigenvalue weighted by atomic mass is 10.0. The van der Waals surface area contributed by atoms with Crippen LogP contribution in [0.25, 0.3) is 0 Å². The lowest BCUT2D eigenvalue weighted by Gasteiger charge is -2.15. The number of para-hydroxylation sites is 1. The summed E-state index contributed by atoms with van der Waals surface area (Å²) in [6.07, 6.45) is 2.95. The van der Waals surface area contributed by atoms with E-state index >= 15 is 0 Å². The average molecular weight is 237 g/mol. The van der Waals surface area contributed by atoms with Crippen molar-refractivity contribution in [3.05, 3.63) is 29.8 Å². The normalized spacial score (nSPS) is 12.4. The summed E-state index contributed by atoms with van der Waals surface area (Å²) >= 11 is 0. The Morgan fingerprint density at radius 3 is 2.59 bits per heavy atom. The fraction of sp³-hybridized carbons (Fsp3) is 0.571.